The first-order valence-corrected chi connectivity index (χ1v) is 11.4. The summed E-state index contributed by atoms with van der Waals surface area (Å²) in [6.45, 7) is 0. The Morgan fingerprint density at radius 2 is 1.24 bits per heavy atom. The molecule has 4 nitrogen and oxygen atoms in total. The van der Waals surface area contributed by atoms with Gasteiger partial charge in [-0.3, -0.25) is 4.57 Å². The molecule has 0 radical (unpaired) electrons. The lowest BCUT2D eigenvalue weighted by molar-refractivity contribution is 0.415. The molecular weight excluding hydrogens is 418 g/mol. The topological polar surface area (TPSA) is 32.0 Å². The van der Waals surface area contributed by atoms with Gasteiger partial charge in [0.15, 0.2) is 0 Å². The minimum Gasteiger partial charge on any atom is -0.497 e. The summed E-state index contributed by atoms with van der Waals surface area (Å²) in [6.07, 6.45) is 1.84. The van der Waals surface area contributed by atoms with E-state index in [1.807, 2.05) is 24.4 Å². The molecule has 4 heteroatoms. The quantitative estimate of drug-likeness (QED) is 0.290. The standard InChI is InChI=1S/C30H21N3O/c1-34-21-14-15-23-25-18-28-24(19-29(25)33(27(23)17-21)30-13-7-8-16-31-30)22-11-5-6-12-26(22)32(28)20-9-3-2-4-10-20/h2-19H,1H3. The summed E-state index contributed by atoms with van der Waals surface area (Å²) in [6, 6.07) is 36.1. The van der Waals surface area contributed by atoms with Crippen LogP contribution in [-0.4, -0.2) is 21.2 Å². The molecule has 0 bridgehead atoms. The van der Waals surface area contributed by atoms with Crippen LogP contribution in [0, 0.1) is 0 Å². The van der Waals surface area contributed by atoms with Crippen LogP contribution in [0.1, 0.15) is 0 Å². The maximum absolute atomic E-state index is 5.57. The molecular formula is C30H21N3O. The molecule has 0 aliphatic carbocycles. The SMILES string of the molecule is COc1ccc2c3cc4c(cc3n(-c3ccccn3)c2c1)c1ccccc1n4-c1ccccc1. The van der Waals surface area contributed by atoms with Gasteiger partial charge in [0.05, 0.1) is 29.2 Å². The van der Waals surface area contributed by atoms with Gasteiger partial charge in [0.1, 0.15) is 11.6 Å². The van der Waals surface area contributed by atoms with Gasteiger partial charge in [-0.25, -0.2) is 4.98 Å². The minimum absolute atomic E-state index is 0.830. The van der Waals surface area contributed by atoms with E-state index in [9.17, 15) is 0 Å². The third-order valence-electron chi connectivity index (χ3n) is 6.66. The van der Waals surface area contributed by atoms with E-state index in [-0.39, 0.29) is 0 Å². The molecule has 3 aromatic heterocycles. The van der Waals surface area contributed by atoms with Crippen LogP contribution in [0.4, 0.5) is 0 Å². The van der Waals surface area contributed by atoms with E-state index >= 15 is 0 Å². The Bertz CT molecular complexity index is 1830. The smallest absolute Gasteiger partial charge is 0.137 e. The lowest BCUT2D eigenvalue weighted by Crippen LogP contribution is -1.97. The van der Waals surface area contributed by atoms with Gasteiger partial charge in [-0.2, -0.15) is 0 Å². The van der Waals surface area contributed by atoms with E-state index in [2.05, 4.69) is 99.0 Å². The summed E-state index contributed by atoms with van der Waals surface area (Å²) < 4.78 is 10.2. The Kier molecular flexibility index (Phi) is 4.02. The summed E-state index contributed by atoms with van der Waals surface area (Å²) in [5.74, 6) is 1.72. The Hall–Kier alpha value is -4.57. The molecule has 0 N–H and O–H groups in total. The summed E-state index contributed by atoms with van der Waals surface area (Å²) >= 11 is 0. The van der Waals surface area contributed by atoms with Gasteiger partial charge in [-0.1, -0.05) is 42.5 Å². The fraction of sp³-hybridized carbons (Fsp3) is 0.0333. The van der Waals surface area contributed by atoms with E-state index < -0.39 is 0 Å². The highest BCUT2D eigenvalue weighted by molar-refractivity contribution is 6.19. The van der Waals surface area contributed by atoms with Crippen molar-refractivity contribution in [3.63, 3.8) is 0 Å². The second-order valence-corrected chi connectivity index (χ2v) is 8.48. The van der Waals surface area contributed by atoms with Crippen molar-refractivity contribution in [1.29, 1.82) is 0 Å². The van der Waals surface area contributed by atoms with Crippen LogP contribution in [0.5, 0.6) is 5.75 Å². The summed E-state index contributed by atoms with van der Waals surface area (Å²) in [4.78, 5) is 4.69. The normalized spacial score (nSPS) is 11.7. The highest BCUT2D eigenvalue weighted by Crippen LogP contribution is 2.39. The maximum atomic E-state index is 5.57. The summed E-state index contributed by atoms with van der Waals surface area (Å²) in [5.41, 5.74) is 5.76. The van der Waals surface area contributed by atoms with E-state index in [1.165, 1.54) is 32.6 Å². The highest BCUT2D eigenvalue weighted by atomic mass is 16.5. The molecule has 0 aliphatic rings. The molecule has 7 aromatic rings. The van der Waals surface area contributed by atoms with Crippen molar-refractivity contribution in [2.24, 2.45) is 0 Å². The third kappa shape index (κ3) is 2.63. The van der Waals surface area contributed by atoms with Crippen LogP contribution in [0.3, 0.4) is 0 Å². The molecule has 0 saturated carbocycles. The molecule has 0 saturated heterocycles. The largest absolute Gasteiger partial charge is 0.497 e. The van der Waals surface area contributed by atoms with Crippen LogP contribution in [-0.2, 0) is 0 Å². The number of ether oxygens (including phenoxy) is 1. The Morgan fingerprint density at radius 3 is 2.00 bits per heavy atom. The molecule has 4 aromatic carbocycles. The first-order chi connectivity index (χ1) is 16.8. The molecule has 0 spiro atoms. The van der Waals surface area contributed by atoms with E-state index in [4.69, 9.17) is 4.74 Å². The first kappa shape index (κ1) is 18.9. The minimum atomic E-state index is 0.830. The molecule has 34 heavy (non-hydrogen) atoms. The summed E-state index contributed by atoms with van der Waals surface area (Å²) in [5, 5.41) is 4.82. The summed E-state index contributed by atoms with van der Waals surface area (Å²) in [7, 11) is 1.71. The second kappa shape index (κ2) is 7.22. The van der Waals surface area contributed by atoms with Gasteiger partial charge in [0, 0.05) is 39.5 Å². The fourth-order valence-corrected chi connectivity index (χ4v) is 5.17. The van der Waals surface area contributed by atoms with Gasteiger partial charge >= 0.3 is 0 Å². The van der Waals surface area contributed by atoms with Crippen molar-refractivity contribution >= 4 is 43.6 Å². The Labute approximate surface area is 196 Å². The van der Waals surface area contributed by atoms with Crippen LogP contribution in [0.15, 0.2) is 109 Å². The Morgan fingerprint density at radius 1 is 0.559 bits per heavy atom. The number of fused-ring (bicyclic) bond motifs is 6. The Balaban J connectivity index is 1.69. The van der Waals surface area contributed by atoms with Crippen LogP contribution >= 0.6 is 0 Å². The van der Waals surface area contributed by atoms with E-state index in [0.29, 0.717) is 0 Å². The zero-order valence-electron chi connectivity index (χ0n) is 18.6. The van der Waals surface area contributed by atoms with E-state index in [1.54, 1.807) is 7.11 Å². The lowest BCUT2D eigenvalue weighted by Gasteiger charge is -2.08. The average Bonchev–Trinajstić information content (AvgIpc) is 3.40. The maximum Gasteiger partial charge on any atom is 0.137 e. The van der Waals surface area contributed by atoms with Crippen molar-refractivity contribution in [2.75, 3.05) is 7.11 Å². The number of nitrogens with zero attached hydrogens (tertiary/aromatic N) is 3. The molecule has 0 atom stereocenters. The molecule has 7 rings (SSSR count). The van der Waals surface area contributed by atoms with Crippen molar-refractivity contribution in [2.45, 2.75) is 0 Å². The lowest BCUT2D eigenvalue weighted by atomic mass is 10.1. The average molecular weight is 440 g/mol. The number of aromatic nitrogens is 3. The number of benzene rings is 4. The molecule has 0 amide bonds. The molecule has 162 valence electrons. The van der Waals surface area contributed by atoms with Crippen molar-refractivity contribution in [3.8, 4) is 17.3 Å². The van der Waals surface area contributed by atoms with Crippen LogP contribution < -0.4 is 4.74 Å². The predicted octanol–water partition coefficient (Wildman–Crippen LogP) is 7.28. The number of pyridine rings is 1. The van der Waals surface area contributed by atoms with Crippen LogP contribution in [0.25, 0.3) is 55.1 Å². The van der Waals surface area contributed by atoms with Crippen molar-refractivity contribution < 1.29 is 4.74 Å². The monoisotopic (exact) mass is 439 g/mol. The zero-order chi connectivity index (χ0) is 22.6. The second-order valence-electron chi connectivity index (χ2n) is 8.48. The van der Waals surface area contributed by atoms with Gasteiger partial charge in [0.25, 0.3) is 0 Å². The zero-order valence-corrected chi connectivity index (χ0v) is 18.6. The molecule has 0 aliphatic heterocycles. The number of hydrogen-bond donors (Lipinski definition) is 0. The molecule has 0 fully saturated rings. The number of rotatable bonds is 3. The third-order valence-corrected chi connectivity index (χ3v) is 6.66. The fourth-order valence-electron chi connectivity index (χ4n) is 5.17. The van der Waals surface area contributed by atoms with Crippen molar-refractivity contribution in [1.82, 2.24) is 14.1 Å². The number of para-hydroxylation sites is 2. The van der Waals surface area contributed by atoms with E-state index in [0.717, 1.165) is 28.3 Å². The van der Waals surface area contributed by atoms with Gasteiger partial charge in [-0.15, -0.1) is 0 Å². The van der Waals surface area contributed by atoms with Crippen LogP contribution in [0.2, 0.25) is 0 Å². The van der Waals surface area contributed by atoms with Gasteiger partial charge < -0.3 is 9.30 Å². The number of methoxy groups -OCH3 is 1. The van der Waals surface area contributed by atoms with Gasteiger partial charge in [-0.05, 0) is 54.6 Å². The highest BCUT2D eigenvalue weighted by Gasteiger charge is 2.18. The molecule has 0 unspecified atom stereocenters. The van der Waals surface area contributed by atoms with Crippen molar-refractivity contribution in [3.05, 3.63) is 109 Å². The first-order valence-electron chi connectivity index (χ1n) is 11.4. The van der Waals surface area contributed by atoms with Gasteiger partial charge in [0.2, 0.25) is 0 Å². The predicted molar refractivity (Wildman–Crippen MR) is 139 cm³/mol. The molecule has 3 heterocycles. The number of hydrogen-bond acceptors (Lipinski definition) is 2.